The predicted octanol–water partition coefficient (Wildman–Crippen LogP) is 7.19. The Balaban J connectivity index is 1.84. The molecule has 36 heavy (non-hydrogen) atoms. The van der Waals surface area contributed by atoms with E-state index < -0.39 is 0 Å². The van der Waals surface area contributed by atoms with Crippen molar-refractivity contribution in [3.63, 3.8) is 0 Å². The standard InChI is InChI=1S/C31H44N4O/c1-6-12-27(32-4)30-26(7-2)22(3)31(35-28(30)20-19-23-17-18-23)34-25-15-11-14-24(21-25)13-9-8-10-16-29(36)33-5/h9,11,13-15,21,23H,6-8,10,12,16-20H2,1-5H3,(H,33,36)(H,34,35)/b13-9-,32-27?. The third-order valence-corrected chi connectivity index (χ3v) is 7.04. The topological polar surface area (TPSA) is 66.4 Å². The number of allylic oxidation sites excluding steroid dienone is 1. The lowest BCUT2D eigenvalue weighted by Gasteiger charge is -2.21. The fourth-order valence-electron chi connectivity index (χ4n) is 4.78. The number of nitrogens with zero attached hydrogens (tertiary/aromatic N) is 2. The van der Waals surface area contributed by atoms with Gasteiger partial charge in [0, 0.05) is 37.5 Å². The first kappa shape index (κ1) is 27.6. The van der Waals surface area contributed by atoms with Gasteiger partial charge in [-0.1, -0.05) is 57.4 Å². The van der Waals surface area contributed by atoms with Crippen molar-refractivity contribution in [2.24, 2.45) is 10.9 Å². The number of carbonyl (C=O) groups excluding carboxylic acids is 1. The van der Waals surface area contributed by atoms with Gasteiger partial charge in [0.15, 0.2) is 0 Å². The second-order valence-corrected chi connectivity index (χ2v) is 9.86. The first-order valence-electron chi connectivity index (χ1n) is 13.7. The Hall–Kier alpha value is -2.95. The highest BCUT2D eigenvalue weighted by atomic mass is 16.1. The minimum Gasteiger partial charge on any atom is -0.359 e. The molecule has 1 fully saturated rings. The molecule has 0 atom stereocenters. The highest BCUT2D eigenvalue weighted by Crippen LogP contribution is 2.35. The van der Waals surface area contributed by atoms with Crippen LogP contribution in [0.1, 0.15) is 93.2 Å². The predicted molar refractivity (Wildman–Crippen MR) is 153 cm³/mol. The van der Waals surface area contributed by atoms with Crippen molar-refractivity contribution in [1.29, 1.82) is 0 Å². The molecule has 0 saturated heterocycles. The number of amides is 1. The maximum atomic E-state index is 11.4. The van der Waals surface area contributed by atoms with Crippen LogP contribution in [0.5, 0.6) is 0 Å². The summed E-state index contributed by atoms with van der Waals surface area (Å²) in [6, 6.07) is 8.45. The fraction of sp³-hybridized carbons (Fsp3) is 0.516. The largest absolute Gasteiger partial charge is 0.359 e. The van der Waals surface area contributed by atoms with E-state index in [9.17, 15) is 4.79 Å². The molecule has 0 radical (unpaired) electrons. The molecule has 1 aliphatic carbocycles. The highest BCUT2D eigenvalue weighted by Gasteiger charge is 2.24. The van der Waals surface area contributed by atoms with Gasteiger partial charge in [0.25, 0.3) is 0 Å². The van der Waals surface area contributed by atoms with Crippen molar-refractivity contribution >= 4 is 29.2 Å². The maximum absolute atomic E-state index is 11.4. The molecule has 0 bridgehead atoms. The Labute approximate surface area is 217 Å². The van der Waals surface area contributed by atoms with Crippen LogP contribution in [0.3, 0.4) is 0 Å². The molecule has 0 aliphatic heterocycles. The lowest BCUT2D eigenvalue weighted by Crippen LogP contribution is -2.16. The zero-order valence-corrected chi connectivity index (χ0v) is 22.9. The average molecular weight is 489 g/mol. The average Bonchev–Trinajstić information content (AvgIpc) is 3.72. The number of benzene rings is 1. The minimum absolute atomic E-state index is 0.0958. The third-order valence-electron chi connectivity index (χ3n) is 7.04. The smallest absolute Gasteiger partial charge is 0.219 e. The number of carbonyl (C=O) groups is 1. The lowest BCUT2D eigenvalue weighted by molar-refractivity contribution is -0.120. The Bertz CT molecular complexity index is 1080. The van der Waals surface area contributed by atoms with Gasteiger partial charge >= 0.3 is 0 Å². The number of hydrogen-bond donors (Lipinski definition) is 2. The molecule has 1 aliphatic rings. The van der Waals surface area contributed by atoms with E-state index in [-0.39, 0.29) is 5.91 Å². The van der Waals surface area contributed by atoms with Gasteiger partial charge in [-0.25, -0.2) is 4.98 Å². The molecule has 1 heterocycles. The van der Waals surface area contributed by atoms with Gasteiger partial charge in [-0.3, -0.25) is 9.79 Å². The van der Waals surface area contributed by atoms with Crippen LogP contribution in [0.25, 0.3) is 6.08 Å². The molecule has 0 spiro atoms. The van der Waals surface area contributed by atoms with Gasteiger partial charge in [0.2, 0.25) is 5.91 Å². The molecule has 5 nitrogen and oxygen atoms in total. The molecular weight excluding hydrogens is 444 g/mol. The summed E-state index contributed by atoms with van der Waals surface area (Å²) in [6.45, 7) is 6.66. The van der Waals surface area contributed by atoms with Gasteiger partial charge in [0.05, 0.1) is 5.69 Å². The van der Waals surface area contributed by atoms with Crippen LogP contribution in [-0.2, 0) is 17.6 Å². The van der Waals surface area contributed by atoms with Crippen LogP contribution >= 0.6 is 0 Å². The third kappa shape index (κ3) is 7.78. The molecule has 3 rings (SSSR count). The number of nitrogens with one attached hydrogen (secondary N) is 2. The highest BCUT2D eigenvalue weighted by molar-refractivity contribution is 6.03. The van der Waals surface area contributed by atoms with E-state index in [4.69, 9.17) is 9.98 Å². The molecule has 0 unspecified atom stereocenters. The van der Waals surface area contributed by atoms with Crippen LogP contribution in [0.2, 0.25) is 0 Å². The second kappa shape index (κ2) is 14.0. The summed E-state index contributed by atoms with van der Waals surface area (Å²) in [5, 5.41) is 6.31. The summed E-state index contributed by atoms with van der Waals surface area (Å²) in [7, 11) is 3.61. The zero-order valence-electron chi connectivity index (χ0n) is 22.9. The summed E-state index contributed by atoms with van der Waals surface area (Å²) in [5.74, 6) is 1.92. The molecule has 5 heteroatoms. The SMILES string of the molecule is CCCC(=NC)c1c(CCC2CC2)nc(Nc2cccc(/C=C\CCCC(=O)NC)c2)c(C)c1CC. The fourth-order valence-corrected chi connectivity index (χ4v) is 4.78. The van der Waals surface area contributed by atoms with Crippen LogP contribution in [0.15, 0.2) is 35.3 Å². The number of aliphatic imine (C=N–C) groups is 1. The van der Waals surface area contributed by atoms with Crippen LogP contribution < -0.4 is 10.6 Å². The number of pyridine rings is 1. The number of anilines is 2. The monoisotopic (exact) mass is 488 g/mol. The Morgan fingerprint density at radius 3 is 2.69 bits per heavy atom. The minimum atomic E-state index is 0.0958. The van der Waals surface area contributed by atoms with Gasteiger partial charge in [-0.05, 0) is 80.2 Å². The molecule has 194 valence electrons. The summed E-state index contributed by atoms with van der Waals surface area (Å²) >= 11 is 0. The molecule has 1 amide bonds. The second-order valence-electron chi connectivity index (χ2n) is 9.86. The molecular formula is C31H44N4O. The van der Waals surface area contributed by atoms with Gasteiger partial charge < -0.3 is 10.6 Å². The normalized spacial score (nSPS) is 13.9. The van der Waals surface area contributed by atoms with E-state index in [0.717, 1.165) is 61.5 Å². The summed E-state index contributed by atoms with van der Waals surface area (Å²) < 4.78 is 0. The summed E-state index contributed by atoms with van der Waals surface area (Å²) in [4.78, 5) is 21.3. The molecule has 2 aromatic rings. The van der Waals surface area contributed by atoms with E-state index in [2.05, 4.69) is 67.8 Å². The number of rotatable bonds is 14. The number of hydrogen-bond acceptors (Lipinski definition) is 4. The lowest BCUT2D eigenvalue weighted by atomic mass is 9.91. The zero-order chi connectivity index (χ0) is 25.9. The van der Waals surface area contributed by atoms with Crippen molar-refractivity contribution < 1.29 is 4.79 Å². The van der Waals surface area contributed by atoms with Crippen LogP contribution in [0.4, 0.5) is 11.5 Å². The van der Waals surface area contributed by atoms with Gasteiger partial charge in [0.1, 0.15) is 5.82 Å². The van der Waals surface area contributed by atoms with Gasteiger partial charge in [-0.15, -0.1) is 0 Å². The molecule has 2 N–H and O–H groups in total. The Morgan fingerprint density at radius 2 is 2.03 bits per heavy atom. The van der Waals surface area contributed by atoms with Crippen molar-refractivity contribution in [3.05, 3.63) is 58.3 Å². The van der Waals surface area contributed by atoms with Crippen molar-refractivity contribution in [1.82, 2.24) is 10.3 Å². The van der Waals surface area contributed by atoms with E-state index in [1.807, 2.05) is 7.05 Å². The van der Waals surface area contributed by atoms with Crippen LogP contribution in [0, 0.1) is 12.8 Å². The number of aryl methyl sites for hydroxylation is 1. The van der Waals surface area contributed by atoms with Crippen molar-refractivity contribution in [2.75, 3.05) is 19.4 Å². The summed E-state index contributed by atoms with van der Waals surface area (Å²) in [5.41, 5.74) is 8.48. The first-order chi connectivity index (χ1) is 17.5. The van der Waals surface area contributed by atoms with E-state index in [1.165, 1.54) is 47.4 Å². The van der Waals surface area contributed by atoms with E-state index in [1.54, 1.807) is 7.05 Å². The maximum Gasteiger partial charge on any atom is 0.219 e. The van der Waals surface area contributed by atoms with E-state index in [0.29, 0.717) is 6.42 Å². The quantitative estimate of drug-likeness (QED) is 0.218. The van der Waals surface area contributed by atoms with Gasteiger partial charge in [-0.2, -0.15) is 0 Å². The van der Waals surface area contributed by atoms with Crippen LogP contribution in [-0.4, -0.2) is 30.7 Å². The Morgan fingerprint density at radius 1 is 1.22 bits per heavy atom. The number of unbranched alkanes of at least 4 members (excludes halogenated alkanes) is 1. The Kier molecular flexibility index (Phi) is 10.7. The molecule has 1 aromatic heterocycles. The van der Waals surface area contributed by atoms with E-state index >= 15 is 0 Å². The number of aromatic nitrogens is 1. The molecule has 1 saturated carbocycles. The van der Waals surface area contributed by atoms with Crippen molar-refractivity contribution in [3.8, 4) is 0 Å². The van der Waals surface area contributed by atoms with Crippen molar-refractivity contribution in [2.45, 2.75) is 85.0 Å². The summed E-state index contributed by atoms with van der Waals surface area (Å²) in [6.07, 6.45) is 14.6. The molecule has 1 aromatic carbocycles. The first-order valence-corrected chi connectivity index (χ1v) is 13.7.